The molecular weight excluding hydrogens is 709 g/mol. The van der Waals surface area contributed by atoms with Crippen molar-refractivity contribution in [1.29, 1.82) is 0 Å². The van der Waals surface area contributed by atoms with Crippen molar-refractivity contribution in [3.05, 3.63) is 120 Å². The first-order valence-corrected chi connectivity index (χ1v) is 19.8. The lowest BCUT2D eigenvalue weighted by Gasteiger charge is -2.52. The number of rotatable bonds is 21. The van der Waals surface area contributed by atoms with Gasteiger partial charge in [-0.1, -0.05) is 87.9 Å². The van der Waals surface area contributed by atoms with Crippen molar-refractivity contribution in [2.75, 3.05) is 19.7 Å². The van der Waals surface area contributed by atoms with E-state index in [1.165, 1.54) is 0 Å². The second kappa shape index (κ2) is 20.9. The summed E-state index contributed by atoms with van der Waals surface area (Å²) < 4.78 is 17.4. The number of carbonyl (C=O) groups excluding carboxylic acids is 3. The molecule has 4 atom stereocenters. The van der Waals surface area contributed by atoms with Crippen LogP contribution in [-0.4, -0.2) is 58.4 Å². The molecule has 1 aliphatic rings. The number of esters is 1. The predicted molar refractivity (Wildman–Crippen MR) is 214 cm³/mol. The van der Waals surface area contributed by atoms with Crippen molar-refractivity contribution >= 4 is 23.8 Å². The first-order valence-electron chi connectivity index (χ1n) is 19.8. The van der Waals surface area contributed by atoms with E-state index < -0.39 is 35.6 Å². The van der Waals surface area contributed by atoms with Gasteiger partial charge in [0.15, 0.2) is 0 Å². The molecule has 0 bridgehead atoms. The van der Waals surface area contributed by atoms with Gasteiger partial charge in [0, 0.05) is 39.0 Å². The maximum Gasteiger partial charge on any atom is 0.306 e. The summed E-state index contributed by atoms with van der Waals surface area (Å²) in [6, 6.07) is 34.0. The van der Waals surface area contributed by atoms with E-state index in [-0.39, 0.29) is 44.4 Å². The van der Waals surface area contributed by atoms with Crippen LogP contribution < -0.4 is 9.47 Å². The third kappa shape index (κ3) is 11.4. The van der Waals surface area contributed by atoms with Gasteiger partial charge in [-0.15, -0.1) is 0 Å². The van der Waals surface area contributed by atoms with Crippen LogP contribution in [0.15, 0.2) is 109 Å². The Kier molecular flexibility index (Phi) is 15.5. The summed E-state index contributed by atoms with van der Waals surface area (Å²) in [4.78, 5) is 58.4. The van der Waals surface area contributed by atoms with Crippen molar-refractivity contribution in [2.45, 2.75) is 72.4 Å². The van der Waals surface area contributed by atoms with Crippen molar-refractivity contribution in [1.82, 2.24) is 9.80 Å². The fourth-order valence-corrected chi connectivity index (χ4v) is 7.44. The molecule has 1 aliphatic carbocycles. The van der Waals surface area contributed by atoms with Gasteiger partial charge in [-0.25, -0.2) is 0 Å². The molecule has 1 N–H and O–H groups in total. The summed E-state index contributed by atoms with van der Waals surface area (Å²) >= 11 is 0. The molecule has 5 rings (SSSR count). The molecular formula is C46H54N2O8. The number of benzene rings is 4. The second-order valence-electron chi connectivity index (χ2n) is 14.4. The van der Waals surface area contributed by atoms with Gasteiger partial charge in [0.05, 0.1) is 18.4 Å². The lowest BCUT2D eigenvalue weighted by molar-refractivity contribution is -0.175. The molecule has 296 valence electrons. The smallest absolute Gasteiger partial charge is 0.306 e. The lowest BCUT2D eigenvalue weighted by Crippen LogP contribution is -2.61. The summed E-state index contributed by atoms with van der Waals surface area (Å²) in [5, 5.41) is 10.1. The van der Waals surface area contributed by atoms with Crippen molar-refractivity contribution in [3.8, 4) is 23.0 Å². The topological polar surface area (TPSA) is 123 Å². The number of para-hydroxylation sites is 2. The van der Waals surface area contributed by atoms with E-state index >= 15 is 0 Å². The van der Waals surface area contributed by atoms with Crippen LogP contribution in [0, 0.1) is 23.7 Å². The lowest BCUT2D eigenvalue weighted by atomic mass is 9.53. The van der Waals surface area contributed by atoms with Crippen molar-refractivity contribution in [2.24, 2.45) is 23.7 Å². The molecule has 0 aliphatic heterocycles. The largest absolute Gasteiger partial charge is 0.481 e. The number of unbranched alkanes of at least 4 members (excludes halogenated alkanes) is 1. The number of carboxylic acids is 1. The number of carbonyl (C=O) groups is 4. The number of carboxylic acid groups (broad SMARTS) is 1. The summed E-state index contributed by atoms with van der Waals surface area (Å²) in [6.45, 7) is 7.59. The molecule has 10 nitrogen and oxygen atoms in total. The van der Waals surface area contributed by atoms with Gasteiger partial charge in [-0.2, -0.15) is 0 Å². The summed E-state index contributed by atoms with van der Waals surface area (Å²) in [5.41, 5.74) is 1.74. The SMILES string of the molecule is CCCCOC(=O)CC1C(CC(=O)O)C(C(=O)N(CCC)Cc2ccc(Oc3ccccc3)cc2)C1C(=O)N(CCC)Cc1ccc(Oc2ccccc2)cc1. The molecule has 0 spiro atoms. The molecule has 4 aromatic carbocycles. The average molecular weight is 763 g/mol. The van der Waals surface area contributed by atoms with E-state index in [2.05, 4.69) is 0 Å². The van der Waals surface area contributed by atoms with Crippen LogP contribution in [0.4, 0.5) is 0 Å². The van der Waals surface area contributed by atoms with Crippen LogP contribution in [-0.2, 0) is 37.0 Å². The van der Waals surface area contributed by atoms with Gasteiger partial charge < -0.3 is 29.1 Å². The molecule has 10 heteroatoms. The Morgan fingerprint density at radius 3 is 1.36 bits per heavy atom. The van der Waals surface area contributed by atoms with Gasteiger partial charge in [-0.3, -0.25) is 19.2 Å². The quantitative estimate of drug-likeness (QED) is 0.0659. The number of hydrogen-bond acceptors (Lipinski definition) is 7. The Morgan fingerprint density at radius 2 is 0.964 bits per heavy atom. The van der Waals surface area contributed by atoms with Crippen LogP contribution in [0.2, 0.25) is 0 Å². The maximum absolute atomic E-state index is 14.8. The predicted octanol–water partition coefficient (Wildman–Crippen LogP) is 9.14. The third-order valence-electron chi connectivity index (χ3n) is 10.2. The van der Waals surface area contributed by atoms with Gasteiger partial charge in [0.25, 0.3) is 0 Å². The monoisotopic (exact) mass is 762 g/mol. The van der Waals surface area contributed by atoms with Crippen molar-refractivity contribution in [3.63, 3.8) is 0 Å². The second-order valence-corrected chi connectivity index (χ2v) is 14.4. The molecule has 4 aromatic rings. The zero-order valence-electron chi connectivity index (χ0n) is 32.7. The fourth-order valence-electron chi connectivity index (χ4n) is 7.44. The number of hydrogen-bond donors (Lipinski definition) is 1. The van der Waals surface area contributed by atoms with E-state index in [0.29, 0.717) is 55.4 Å². The normalized spacial score (nSPS) is 17.3. The fraction of sp³-hybridized carbons (Fsp3) is 0.391. The highest BCUT2D eigenvalue weighted by Gasteiger charge is 2.59. The molecule has 2 amide bonds. The average Bonchev–Trinajstić information content (AvgIpc) is 3.20. The van der Waals surface area contributed by atoms with Gasteiger partial charge in [0.1, 0.15) is 23.0 Å². The Bertz CT molecular complexity index is 1850. The highest BCUT2D eigenvalue weighted by molar-refractivity contribution is 5.91. The summed E-state index contributed by atoms with van der Waals surface area (Å²) in [6.07, 6.45) is 2.40. The standard InChI is InChI=1S/C46H54N2O8/c1-4-7-28-54-42(51)30-40-39(29-41(49)50)43(45(52)47(26-5-2)31-33-18-22-37(23-19-33)55-35-14-10-8-11-15-35)44(40)46(53)48(27-6-3)32-34-20-24-38(25-21-34)56-36-16-12-9-13-17-36/h8-25,39-40,43-44H,4-7,26-32H2,1-3H3,(H,49,50). The van der Waals surface area contributed by atoms with Crippen LogP contribution >= 0.6 is 0 Å². The molecule has 0 saturated heterocycles. The molecule has 0 heterocycles. The van der Waals surface area contributed by atoms with Gasteiger partial charge in [0.2, 0.25) is 11.8 Å². The van der Waals surface area contributed by atoms with E-state index in [4.69, 9.17) is 14.2 Å². The Labute approximate surface area is 330 Å². The maximum atomic E-state index is 14.8. The van der Waals surface area contributed by atoms with Crippen LogP contribution in [0.3, 0.4) is 0 Å². The molecule has 1 saturated carbocycles. The highest BCUT2D eigenvalue weighted by Crippen LogP contribution is 2.52. The third-order valence-corrected chi connectivity index (χ3v) is 10.2. The van der Waals surface area contributed by atoms with E-state index in [0.717, 1.165) is 17.5 Å². The molecule has 4 unspecified atom stereocenters. The van der Waals surface area contributed by atoms with Crippen LogP contribution in [0.25, 0.3) is 0 Å². The van der Waals surface area contributed by atoms with E-state index in [9.17, 15) is 24.3 Å². The van der Waals surface area contributed by atoms with Crippen molar-refractivity contribution < 1.29 is 38.5 Å². The number of amides is 2. The van der Waals surface area contributed by atoms with E-state index in [1.807, 2.05) is 130 Å². The molecule has 0 radical (unpaired) electrons. The first kappa shape index (κ1) is 41.5. The number of nitrogens with zero attached hydrogens (tertiary/aromatic N) is 2. The Balaban J connectivity index is 1.40. The minimum absolute atomic E-state index is 0.135. The van der Waals surface area contributed by atoms with E-state index in [1.54, 1.807) is 9.80 Å². The molecule has 56 heavy (non-hydrogen) atoms. The summed E-state index contributed by atoms with van der Waals surface area (Å²) in [7, 11) is 0. The Morgan fingerprint density at radius 1 is 0.554 bits per heavy atom. The minimum Gasteiger partial charge on any atom is -0.481 e. The van der Waals surface area contributed by atoms with Crippen LogP contribution in [0.5, 0.6) is 23.0 Å². The number of ether oxygens (including phenoxy) is 3. The minimum atomic E-state index is -1.08. The number of aliphatic carboxylic acids is 1. The van der Waals surface area contributed by atoms with Gasteiger partial charge >= 0.3 is 11.9 Å². The van der Waals surface area contributed by atoms with Crippen LogP contribution in [0.1, 0.15) is 70.4 Å². The Hall–Kier alpha value is -5.64. The first-order chi connectivity index (χ1) is 27.2. The highest BCUT2D eigenvalue weighted by atomic mass is 16.5. The van der Waals surface area contributed by atoms with Gasteiger partial charge in [-0.05, 0) is 90.8 Å². The summed E-state index contributed by atoms with van der Waals surface area (Å²) in [5.74, 6) is -2.56. The molecule has 0 aromatic heterocycles. The zero-order chi connectivity index (χ0) is 39.9. The molecule has 1 fully saturated rings. The zero-order valence-corrected chi connectivity index (χ0v) is 32.7.